The Kier molecular flexibility index (Phi) is 4.43. The van der Waals surface area contributed by atoms with Gasteiger partial charge in [-0.2, -0.15) is 5.26 Å². The number of nitriles is 1. The molecule has 6 heteroatoms. The van der Waals surface area contributed by atoms with Crippen LogP contribution in [-0.4, -0.2) is 15.9 Å². The lowest BCUT2D eigenvalue weighted by molar-refractivity contribution is -0.117. The molecule has 6 nitrogen and oxygen atoms in total. The molecule has 1 heterocycles. The number of hydrogen-bond acceptors (Lipinski definition) is 5. The molecule has 0 bridgehead atoms. The zero-order valence-electron chi connectivity index (χ0n) is 13.7. The van der Waals surface area contributed by atoms with Crippen molar-refractivity contribution in [3.8, 4) is 6.07 Å². The largest absolute Gasteiger partial charge is 0.348 e. The molecule has 0 spiro atoms. The molecule has 1 aromatic carbocycles. The van der Waals surface area contributed by atoms with Gasteiger partial charge in [-0.15, -0.1) is 0 Å². The van der Waals surface area contributed by atoms with Crippen molar-refractivity contribution in [2.45, 2.75) is 32.7 Å². The number of nitrogens with one attached hydrogen (secondary N) is 2. The minimum Gasteiger partial charge on any atom is -0.348 e. The van der Waals surface area contributed by atoms with E-state index in [2.05, 4.69) is 20.6 Å². The van der Waals surface area contributed by atoms with Gasteiger partial charge in [0.05, 0.1) is 6.04 Å². The second kappa shape index (κ2) is 6.67. The lowest BCUT2D eigenvalue weighted by Crippen LogP contribution is -2.14. The number of aryl methyl sites for hydroxylation is 1. The van der Waals surface area contributed by atoms with E-state index < -0.39 is 0 Å². The first-order chi connectivity index (χ1) is 11.5. The van der Waals surface area contributed by atoms with Crippen LogP contribution in [0.25, 0.3) is 0 Å². The first-order valence-electron chi connectivity index (χ1n) is 7.98. The van der Waals surface area contributed by atoms with Gasteiger partial charge in [-0.1, -0.05) is 12.1 Å². The Balaban J connectivity index is 1.66. The molecule has 1 aliphatic rings. The van der Waals surface area contributed by atoms with E-state index >= 15 is 0 Å². The van der Waals surface area contributed by atoms with Crippen molar-refractivity contribution in [2.75, 3.05) is 10.6 Å². The van der Waals surface area contributed by atoms with Gasteiger partial charge in [0, 0.05) is 17.3 Å². The standard InChI is InChI=1S/C18H19N5O/c1-11-9-16(10-19)23-18(20-11)21-12(2)13-5-7-15(8-6-13)22-17(24)14-3-4-14/h5-9,12,14H,3-4H2,1-2H3,(H,22,24)(H,20,21,23). The Morgan fingerprint density at radius 2 is 2.00 bits per heavy atom. The Morgan fingerprint density at radius 3 is 2.62 bits per heavy atom. The number of nitrogens with zero attached hydrogens (tertiary/aromatic N) is 3. The summed E-state index contributed by atoms with van der Waals surface area (Å²) in [6.45, 7) is 3.82. The van der Waals surface area contributed by atoms with Crippen LogP contribution in [0.3, 0.4) is 0 Å². The smallest absolute Gasteiger partial charge is 0.227 e. The lowest BCUT2D eigenvalue weighted by atomic mass is 10.1. The molecule has 0 radical (unpaired) electrons. The van der Waals surface area contributed by atoms with Gasteiger partial charge >= 0.3 is 0 Å². The molecule has 1 aliphatic carbocycles. The van der Waals surface area contributed by atoms with Crippen molar-refractivity contribution >= 4 is 17.5 Å². The highest BCUT2D eigenvalue weighted by molar-refractivity contribution is 5.94. The number of anilines is 2. The van der Waals surface area contributed by atoms with Crippen LogP contribution in [0, 0.1) is 24.2 Å². The third-order valence-electron chi connectivity index (χ3n) is 3.94. The average molecular weight is 321 g/mol. The van der Waals surface area contributed by atoms with E-state index in [0.717, 1.165) is 29.8 Å². The van der Waals surface area contributed by atoms with Gasteiger partial charge in [-0.05, 0) is 50.5 Å². The van der Waals surface area contributed by atoms with Crippen molar-refractivity contribution in [3.63, 3.8) is 0 Å². The summed E-state index contributed by atoms with van der Waals surface area (Å²) in [5.41, 5.74) is 2.94. The molecule has 1 saturated carbocycles. The van der Waals surface area contributed by atoms with E-state index in [1.54, 1.807) is 6.07 Å². The summed E-state index contributed by atoms with van der Waals surface area (Å²) in [6, 6.07) is 11.4. The van der Waals surface area contributed by atoms with Crippen molar-refractivity contribution in [3.05, 3.63) is 47.3 Å². The fourth-order valence-corrected chi connectivity index (χ4v) is 2.41. The fourth-order valence-electron chi connectivity index (χ4n) is 2.41. The molecular weight excluding hydrogens is 302 g/mol. The van der Waals surface area contributed by atoms with E-state index in [9.17, 15) is 4.79 Å². The third-order valence-corrected chi connectivity index (χ3v) is 3.94. The van der Waals surface area contributed by atoms with Gasteiger partial charge in [0.2, 0.25) is 11.9 Å². The highest BCUT2D eigenvalue weighted by Gasteiger charge is 2.29. The van der Waals surface area contributed by atoms with E-state index in [1.165, 1.54) is 0 Å². The molecule has 1 aromatic heterocycles. The summed E-state index contributed by atoms with van der Waals surface area (Å²) in [5.74, 6) is 0.731. The second-order valence-electron chi connectivity index (χ2n) is 6.08. The van der Waals surface area contributed by atoms with Crippen LogP contribution in [0.4, 0.5) is 11.6 Å². The van der Waals surface area contributed by atoms with Gasteiger partial charge < -0.3 is 10.6 Å². The average Bonchev–Trinajstić information content (AvgIpc) is 3.39. The maximum Gasteiger partial charge on any atom is 0.227 e. The molecule has 2 aromatic rings. The molecule has 0 aliphatic heterocycles. The van der Waals surface area contributed by atoms with Crippen LogP contribution in [0.1, 0.15) is 42.8 Å². The normalized spacial score (nSPS) is 14.5. The summed E-state index contributed by atoms with van der Waals surface area (Å²) >= 11 is 0. The number of benzene rings is 1. The SMILES string of the molecule is Cc1cc(C#N)nc(NC(C)c2ccc(NC(=O)C3CC3)cc2)n1. The molecule has 1 amide bonds. The van der Waals surface area contributed by atoms with E-state index in [1.807, 2.05) is 44.2 Å². The summed E-state index contributed by atoms with van der Waals surface area (Å²) in [5, 5.41) is 15.1. The molecule has 1 atom stereocenters. The van der Waals surface area contributed by atoms with Gasteiger partial charge in [-0.25, -0.2) is 9.97 Å². The molecule has 3 rings (SSSR count). The van der Waals surface area contributed by atoms with Gasteiger partial charge in [0.25, 0.3) is 0 Å². The number of rotatable bonds is 5. The third kappa shape index (κ3) is 3.87. The summed E-state index contributed by atoms with van der Waals surface area (Å²) in [4.78, 5) is 20.2. The number of hydrogen-bond donors (Lipinski definition) is 2. The molecule has 2 N–H and O–H groups in total. The predicted octanol–water partition coefficient (Wildman–Crippen LogP) is 3.18. The second-order valence-corrected chi connectivity index (χ2v) is 6.08. The molecular formula is C18H19N5O. The van der Waals surface area contributed by atoms with Crippen LogP contribution in [-0.2, 0) is 4.79 Å². The van der Waals surface area contributed by atoms with E-state index in [0.29, 0.717) is 11.6 Å². The monoisotopic (exact) mass is 321 g/mol. The maximum absolute atomic E-state index is 11.8. The van der Waals surface area contributed by atoms with Crippen LogP contribution in [0.2, 0.25) is 0 Å². The Hall–Kier alpha value is -2.94. The first-order valence-corrected chi connectivity index (χ1v) is 7.98. The van der Waals surface area contributed by atoms with Crippen molar-refractivity contribution in [1.29, 1.82) is 5.26 Å². The maximum atomic E-state index is 11.8. The van der Waals surface area contributed by atoms with Crippen LogP contribution in [0.15, 0.2) is 30.3 Å². The zero-order valence-corrected chi connectivity index (χ0v) is 13.7. The highest BCUT2D eigenvalue weighted by atomic mass is 16.2. The molecule has 1 fully saturated rings. The number of carbonyl (C=O) groups excluding carboxylic acids is 1. The van der Waals surface area contributed by atoms with Crippen LogP contribution in [0.5, 0.6) is 0 Å². The topological polar surface area (TPSA) is 90.7 Å². The van der Waals surface area contributed by atoms with Gasteiger partial charge in [-0.3, -0.25) is 4.79 Å². The Bertz CT molecular complexity index is 790. The number of aromatic nitrogens is 2. The van der Waals surface area contributed by atoms with E-state index in [-0.39, 0.29) is 17.9 Å². The quantitative estimate of drug-likeness (QED) is 0.882. The fraction of sp³-hybridized carbons (Fsp3) is 0.333. The summed E-state index contributed by atoms with van der Waals surface area (Å²) in [6.07, 6.45) is 1.98. The highest BCUT2D eigenvalue weighted by Crippen LogP contribution is 2.30. The lowest BCUT2D eigenvalue weighted by Gasteiger charge is -2.15. The number of amides is 1. The summed E-state index contributed by atoms with van der Waals surface area (Å²) in [7, 11) is 0. The van der Waals surface area contributed by atoms with Gasteiger partial charge in [0.15, 0.2) is 0 Å². The molecule has 1 unspecified atom stereocenters. The Labute approximate surface area is 140 Å². The summed E-state index contributed by atoms with van der Waals surface area (Å²) < 4.78 is 0. The van der Waals surface area contributed by atoms with E-state index in [4.69, 9.17) is 5.26 Å². The van der Waals surface area contributed by atoms with Gasteiger partial charge in [0.1, 0.15) is 11.8 Å². The van der Waals surface area contributed by atoms with Crippen molar-refractivity contribution in [2.24, 2.45) is 5.92 Å². The van der Waals surface area contributed by atoms with Crippen LogP contribution >= 0.6 is 0 Å². The van der Waals surface area contributed by atoms with Crippen molar-refractivity contribution < 1.29 is 4.79 Å². The number of carbonyl (C=O) groups is 1. The minimum atomic E-state index is -0.0217. The molecule has 0 saturated heterocycles. The molecule has 122 valence electrons. The predicted molar refractivity (Wildman–Crippen MR) is 91.3 cm³/mol. The zero-order chi connectivity index (χ0) is 17.1. The van der Waals surface area contributed by atoms with Crippen LogP contribution < -0.4 is 10.6 Å². The minimum absolute atomic E-state index is 0.0217. The molecule has 24 heavy (non-hydrogen) atoms. The Morgan fingerprint density at radius 1 is 1.29 bits per heavy atom. The van der Waals surface area contributed by atoms with Crippen molar-refractivity contribution in [1.82, 2.24) is 9.97 Å². The first kappa shape index (κ1) is 15.9.